The van der Waals surface area contributed by atoms with Crippen LogP contribution in [0, 0.1) is 0 Å². The lowest BCUT2D eigenvalue weighted by Gasteiger charge is -2.35. The lowest BCUT2D eigenvalue weighted by Crippen LogP contribution is -2.42. The number of nitrogens with zero attached hydrogens (tertiary/aromatic N) is 2. The summed E-state index contributed by atoms with van der Waals surface area (Å²) in [5, 5.41) is 56.9. The molecule has 0 spiro atoms. The van der Waals surface area contributed by atoms with Crippen molar-refractivity contribution in [2.24, 2.45) is 5.73 Å². The first-order valence-corrected chi connectivity index (χ1v) is 12.0. The van der Waals surface area contributed by atoms with Gasteiger partial charge in [0.05, 0.1) is 0 Å². The zero-order chi connectivity index (χ0) is 27.7. The molecule has 13 heteroatoms. The minimum atomic E-state index is -3.11. The molecule has 0 saturated heterocycles. The number of nitrogens with two attached hydrogens (primary N) is 1. The number of likely N-dealkylation sites (N-methyl/N-ethyl adjacent to an activating group) is 1. The molecule has 2 aromatic carbocycles. The lowest BCUT2D eigenvalue weighted by atomic mass is 9.82. The van der Waals surface area contributed by atoms with Gasteiger partial charge in [-0.25, -0.2) is 0 Å². The molecule has 0 aliphatic carbocycles. The Morgan fingerprint density at radius 1 is 1.00 bits per heavy atom. The van der Waals surface area contributed by atoms with Crippen LogP contribution >= 0.6 is 23.2 Å². The summed E-state index contributed by atoms with van der Waals surface area (Å²) < 4.78 is 0. The number of halogens is 2. The zero-order valence-electron chi connectivity index (χ0n) is 19.9. The summed E-state index contributed by atoms with van der Waals surface area (Å²) in [6.07, 6.45) is -1.42. The Balaban J connectivity index is 2.13. The summed E-state index contributed by atoms with van der Waals surface area (Å²) in [5.74, 6) is -8.17. The molecule has 0 bridgehead atoms. The van der Waals surface area contributed by atoms with E-state index in [0.29, 0.717) is 28.7 Å². The normalized spacial score (nSPS) is 16.4. The molecule has 37 heavy (non-hydrogen) atoms. The second-order valence-corrected chi connectivity index (χ2v) is 10.1. The van der Waals surface area contributed by atoms with Crippen molar-refractivity contribution in [2.75, 3.05) is 26.7 Å². The molecular formula is C24H29Cl2N3O8. The minimum absolute atomic E-state index is 0.0255. The van der Waals surface area contributed by atoms with Gasteiger partial charge in [-0.3, -0.25) is 9.59 Å². The number of benzene rings is 2. The fraction of sp³-hybridized carbons (Fsp3) is 0.417. The van der Waals surface area contributed by atoms with Crippen LogP contribution in [-0.2, 0) is 6.54 Å². The smallest absolute Gasteiger partial charge is 0.277 e. The second kappa shape index (κ2) is 11.2. The number of hydrogen-bond donors (Lipinski definition) is 7. The van der Waals surface area contributed by atoms with Crippen LogP contribution in [0.25, 0.3) is 0 Å². The van der Waals surface area contributed by atoms with E-state index in [2.05, 4.69) is 0 Å². The van der Waals surface area contributed by atoms with E-state index in [0.717, 1.165) is 16.0 Å². The van der Waals surface area contributed by atoms with E-state index in [-0.39, 0.29) is 11.1 Å². The molecule has 1 atom stereocenters. The highest BCUT2D eigenvalue weighted by atomic mass is 35.5. The molecule has 11 nitrogen and oxygen atoms in total. The summed E-state index contributed by atoms with van der Waals surface area (Å²) >= 11 is 12.7. The molecule has 1 aliphatic rings. The van der Waals surface area contributed by atoms with Gasteiger partial charge < -0.3 is 46.2 Å². The third-order valence-corrected chi connectivity index (χ3v) is 6.71. The molecule has 1 heterocycles. The summed E-state index contributed by atoms with van der Waals surface area (Å²) in [4.78, 5) is 28.7. The van der Waals surface area contributed by atoms with Gasteiger partial charge in [-0.2, -0.15) is 0 Å². The summed E-state index contributed by atoms with van der Waals surface area (Å²) in [6.45, 7) is 0.0998. The highest BCUT2D eigenvalue weighted by Crippen LogP contribution is 2.40. The van der Waals surface area contributed by atoms with Crippen LogP contribution in [-0.4, -0.2) is 90.9 Å². The van der Waals surface area contributed by atoms with E-state index in [1.807, 2.05) is 11.9 Å². The number of hydrogen-bond acceptors (Lipinski definition) is 9. The topological polar surface area (TPSA) is 188 Å². The van der Waals surface area contributed by atoms with E-state index in [1.54, 1.807) is 18.2 Å². The number of fused-ring (bicyclic) bond motifs is 1. The van der Waals surface area contributed by atoms with Crippen LogP contribution in [0.1, 0.15) is 56.2 Å². The lowest BCUT2D eigenvalue weighted by molar-refractivity contribution is -0.317. The molecule has 0 fully saturated rings. The highest BCUT2D eigenvalue weighted by Gasteiger charge is 2.33. The Kier molecular flexibility index (Phi) is 8.85. The highest BCUT2D eigenvalue weighted by molar-refractivity contribution is 6.35. The van der Waals surface area contributed by atoms with Crippen LogP contribution in [0.4, 0.5) is 0 Å². The van der Waals surface area contributed by atoms with Crippen LogP contribution in [0.15, 0.2) is 30.3 Å². The van der Waals surface area contributed by atoms with Gasteiger partial charge >= 0.3 is 0 Å². The molecule has 2 aromatic rings. The average molecular weight is 558 g/mol. The van der Waals surface area contributed by atoms with E-state index < -0.39 is 55.6 Å². The van der Waals surface area contributed by atoms with E-state index in [1.165, 1.54) is 12.1 Å². The summed E-state index contributed by atoms with van der Waals surface area (Å²) in [5.41, 5.74) is 7.59. The van der Waals surface area contributed by atoms with Crippen molar-refractivity contribution in [3.05, 3.63) is 68.2 Å². The molecule has 3 rings (SSSR count). The van der Waals surface area contributed by atoms with Crippen molar-refractivity contribution in [1.29, 1.82) is 0 Å². The summed E-state index contributed by atoms with van der Waals surface area (Å²) in [6, 6.07) is 7.72. The Morgan fingerprint density at radius 3 is 2.14 bits per heavy atom. The Bertz CT molecular complexity index is 1160. The van der Waals surface area contributed by atoms with Gasteiger partial charge in [0.15, 0.2) is 0 Å². The third kappa shape index (κ3) is 7.60. The van der Waals surface area contributed by atoms with E-state index in [4.69, 9.17) is 28.9 Å². The number of rotatable bonds is 9. The molecule has 0 aromatic heterocycles. The van der Waals surface area contributed by atoms with Crippen LogP contribution in [0.3, 0.4) is 0 Å². The Labute approximate surface area is 222 Å². The zero-order valence-corrected chi connectivity index (χ0v) is 21.4. The number of amides is 2. The quantitative estimate of drug-likeness (QED) is 0.210. The Morgan fingerprint density at radius 2 is 1.59 bits per heavy atom. The van der Waals surface area contributed by atoms with Crippen molar-refractivity contribution in [2.45, 2.75) is 37.3 Å². The number of carbonyl (C=O) groups is 2. The Hall–Kier alpha value is -2.32. The predicted molar refractivity (Wildman–Crippen MR) is 134 cm³/mol. The minimum Gasteiger partial charge on any atom is -0.366 e. The molecule has 8 N–H and O–H groups in total. The van der Waals surface area contributed by atoms with Crippen molar-refractivity contribution < 1.29 is 40.2 Å². The molecule has 0 saturated carbocycles. The van der Waals surface area contributed by atoms with E-state index >= 15 is 0 Å². The van der Waals surface area contributed by atoms with Gasteiger partial charge in [-0.1, -0.05) is 29.3 Å². The molecule has 2 amide bonds. The van der Waals surface area contributed by atoms with Crippen LogP contribution in [0.2, 0.25) is 10.0 Å². The van der Waals surface area contributed by atoms with Crippen molar-refractivity contribution >= 4 is 35.0 Å². The maximum absolute atomic E-state index is 13.8. The molecule has 1 unspecified atom stereocenters. The fourth-order valence-electron chi connectivity index (χ4n) is 4.37. The van der Waals surface area contributed by atoms with Gasteiger partial charge in [0, 0.05) is 66.1 Å². The largest absolute Gasteiger partial charge is 0.366 e. The number of primary amides is 1. The van der Waals surface area contributed by atoms with E-state index in [9.17, 15) is 40.2 Å². The molecule has 202 valence electrons. The second-order valence-electron chi connectivity index (χ2n) is 9.21. The first-order valence-electron chi connectivity index (χ1n) is 11.3. The van der Waals surface area contributed by atoms with Gasteiger partial charge in [-0.15, -0.1) is 0 Å². The average Bonchev–Trinajstić information content (AvgIpc) is 2.77. The fourth-order valence-corrected chi connectivity index (χ4v) is 4.93. The predicted octanol–water partition coefficient (Wildman–Crippen LogP) is 0.153. The van der Waals surface area contributed by atoms with Gasteiger partial charge in [0.2, 0.25) is 5.91 Å². The first kappa shape index (κ1) is 29.2. The van der Waals surface area contributed by atoms with Gasteiger partial charge in [0.25, 0.3) is 17.9 Å². The summed E-state index contributed by atoms with van der Waals surface area (Å²) in [7, 11) is 1.87. The van der Waals surface area contributed by atoms with Crippen LogP contribution in [0.5, 0.6) is 0 Å². The maximum atomic E-state index is 13.8. The van der Waals surface area contributed by atoms with Crippen molar-refractivity contribution in [3.8, 4) is 0 Å². The first-order chi connectivity index (χ1) is 17.1. The molecule has 0 radical (unpaired) electrons. The monoisotopic (exact) mass is 557 g/mol. The van der Waals surface area contributed by atoms with Crippen molar-refractivity contribution in [1.82, 2.24) is 9.80 Å². The molecule has 1 aliphatic heterocycles. The molecular weight excluding hydrogens is 529 g/mol. The number of aliphatic hydroxyl groups is 6. The number of carbonyl (C=O) groups excluding carboxylic acids is 2. The maximum Gasteiger partial charge on any atom is 0.277 e. The van der Waals surface area contributed by atoms with Crippen molar-refractivity contribution in [3.63, 3.8) is 0 Å². The van der Waals surface area contributed by atoms with Gasteiger partial charge in [0.1, 0.15) is 0 Å². The standard InChI is InChI=1S/C24H29Cl2N3O8/c1-28-11-18(16-9-14(25)10-20(26)19(16)12-28)15-3-2-13(21(27)30)8-17(15)22(31)29(6-4-23(32,33)34)7-5-24(35,36)37/h2-3,8-10,18,32-37H,4-7,11-12H2,1H3,(H2,27,30). The van der Waals surface area contributed by atoms with Crippen LogP contribution < -0.4 is 5.73 Å². The van der Waals surface area contributed by atoms with Gasteiger partial charge in [-0.05, 0) is 48.0 Å². The third-order valence-electron chi connectivity index (χ3n) is 6.16. The SMILES string of the molecule is CN1Cc2c(Cl)cc(Cl)cc2C(c2ccc(C(N)=O)cc2C(=O)N(CCC(O)(O)O)CCC(O)(O)O)C1.